The molecule has 3 fully saturated rings. The van der Waals surface area contributed by atoms with Gasteiger partial charge in [-0.3, -0.25) is 9.59 Å². The first kappa shape index (κ1) is 16.5. The zero-order valence-electron chi connectivity index (χ0n) is 15.6. The van der Waals surface area contributed by atoms with Crippen LogP contribution in [0.25, 0.3) is 0 Å². The fraction of sp³-hybridized carbons (Fsp3) is 0.818. The molecule has 6 atom stereocenters. The fourth-order valence-electron chi connectivity index (χ4n) is 7.76. The monoisotopic (exact) mass is 328 g/mol. The zero-order chi connectivity index (χ0) is 17.1. The van der Waals surface area contributed by atoms with E-state index in [4.69, 9.17) is 0 Å². The van der Waals surface area contributed by atoms with Crippen molar-refractivity contribution in [3.05, 3.63) is 11.1 Å². The summed E-state index contributed by atoms with van der Waals surface area (Å²) in [5.41, 5.74) is 3.14. The van der Waals surface area contributed by atoms with Gasteiger partial charge < -0.3 is 0 Å². The second kappa shape index (κ2) is 5.54. The summed E-state index contributed by atoms with van der Waals surface area (Å²) in [5, 5.41) is 0. The van der Waals surface area contributed by atoms with Crippen LogP contribution in [0.3, 0.4) is 0 Å². The van der Waals surface area contributed by atoms with Crippen LogP contribution in [0.15, 0.2) is 11.1 Å². The zero-order valence-corrected chi connectivity index (χ0v) is 15.6. The van der Waals surface area contributed by atoms with Crippen LogP contribution in [-0.2, 0) is 9.59 Å². The molecular formula is C22H32O2. The summed E-state index contributed by atoms with van der Waals surface area (Å²) in [4.78, 5) is 23.8. The normalized spacial score (nSPS) is 47.6. The molecule has 4 aliphatic rings. The Labute approximate surface area is 146 Å². The van der Waals surface area contributed by atoms with Crippen molar-refractivity contribution in [2.75, 3.05) is 0 Å². The maximum atomic E-state index is 12.2. The number of carbonyl (C=O) groups excluding carboxylic acids is 2. The predicted octanol–water partition coefficient (Wildman–Crippen LogP) is 5.11. The van der Waals surface area contributed by atoms with Gasteiger partial charge in [-0.1, -0.05) is 19.4 Å². The number of Topliss-reactive ketones (excluding diaryl/α,β-unsaturated/α-hetero) is 1. The van der Waals surface area contributed by atoms with Gasteiger partial charge in [-0.05, 0) is 98.9 Å². The molecule has 2 heteroatoms. The number of fused-ring (bicyclic) bond motifs is 5. The van der Waals surface area contributed by atoms with Gasteiger partial charge in [0.1, 0.15) is 12.1 Å². The molecule has 0 radical (unpaired) electrons. The number of hydrogen-bond acceptors (Lipinski definition) is 2. The minimum Gasteiger partial charge on any atom is -0.300 e. The first-order valence-electron chi connectivity index (χ1n) is 10.1. The summed E-state index contributed by atoms with van der Waals surface area (Å²) in [5.74, 6) is 2.95. The number of rotatable bonds is 2. The Balaban J connectivity index is 1.69. The molecule has 0 aliphatic heterocycles. The lowest BCUT2D eigenvalue weighted by Crippen LogP contribution is -2.51. The van der Waals surface area contributed by atoms with Gasteiger partial charge in [0.05, 0.1) is 0 Å². The summed E-state index contributed by atoms with van der Waals surface area (Å²) < 4.78 is 0. The molecule has 24 heavy (non-hydrogen) atoms. The lowest BCUT2D eigenvalue weighted by Gasteiger charge is -2.58. The average Bonchev–Trinajstić information content (AvgIpc) is 2.91. The summed E-state index contributed by atoms with van der Waals surface area (Å²) in [6.45, 7) is 6.69. The quantitative estimate of drug-likeness (QED) is 0.660. The number of allylic oxidation sites excluding steroid dienone is 2. The van der Waals surface area contributed by atoms with Gasteiger partial charge in [-0.15, -0.1) is 0 Å². The second-order valence-corrected chi connectivity index (χ2v) is 9.59. The van der Waals surface area contributed by atoms with E-state index in [0.717, 1.165) is 48.9 Å². The molecule has 0 saturated heterocycles. The van der Waals surface area contributed by atoms with Crippen molar-refractivity contribution in [1.29, 1.82) is 0 Å². The van der Waals surface area contributed by atoms with Gasteiger partial charge in [-0.25, -0.2) is 0 Å². The molecule has 0 aromatic carbocycles. The molecule has 0 N–H and O–H groups in total. The van der Waals surface area contributed by atoms with E-state index >= 15 is 0 Å². The maximum Gasteiger partial charge on any atom is 0.145 e. The topological polar surface area (TPSA) is 34.1 Å². The van der Waals surface area contributed by atoms with Crippen LogP contribution in [0.4, 0.5) is 0 Å². The second-order valence-electron chi connectivity index (χ2n) is 9.59. The van der Waals surface area contributed by atoms with Gasteiger partial charge in [-0.2, -0.15) is 0 Å². The van der Waals surface area contributed by atoms with Gasteiger partial charge in [0.15, 0.2) is 0 Å². The van der Waals surface area contributed by atoms with Crippen LogP contribution in [-0.4, -0.2) is 12.1 Å². The molecule has 0 aromatic heterocycles. The third-order valence-corrected chi connectivity index (χ3v) is 8.84. The molecule has 0 aromatic rings. The highest BCUT2D eigenvalue weighted by molar-refractivity contribution is 5.79. The number of hydrogen-bond donors (Lipinski definition) is 0. The molecule has 132 valence electrons. The van der Waals surface area contributed by atoms with E-state index in [1.807, 2.05) is 6.92 Å². The van der Waals surface area contributed by atoms with Crippen molar-refractivity contribution in [2.45, 2.75) is 78.6 Å². The van der Waals surface area contributed by atoms with Crippen LogP contribution in [0.2, 0.25) is 0 Å². The SMILES string of the molecule is CC(=O)[C@H]1CC[C@H]2[C@@H]3CCC4=C(C=O)CCC[C@]4(C)[C@H]3CC[C@]12C. The fourth-order valence-corrected chi connectivity index (χ4v) is 7.76. The largest absolute Gasteiger partial charge is 0.300 e. The van der Waals surface area contributed by atoms with E-state index in [2.05, 4.69) is 13.8 Å². The van der Waals surface area contributed by atoms with Crippen LogP contribution < -0.4 is 0 Å². The Bertz CT molecular complexity index is 603. The van der Waals surface area contributed by atoms with Crippen LogP contribution in [0.5, 0.6) is 0 Å². The van der Waals surface area contributed by atoms with E-state index in [-0.39, 0.29) is 10.8 Å². The van der Waals surface area contributed by atoms with E-state index < -0.39 is 0 Å². The molecule has 0 unspecified atom stereocenters. The minimum absolute atomic E-state index is 0.243. The first-order valence-corrected chi connectivity index (χ1v) is 10.1. The van der Waals surface area contributed by atoms with Crippen LogP contribution >= 0.6 is 0 Å². The molecule has 0 amide bonds. The van der Waals surface area contributed by atoms with Crippen molar-refractivity contribution in [3.8, 4) is 0 Å². The Morgan fingerprint density at radius 1 is 1.04 bits per heavy atom. The number of carbonyl (C=O) groups is 2. The van der Waals surface area contributed by atoms with Gasteiger partial charge in [0, 0.05) is 5.92 Å². The average molecular weight is 328 g/mol. The summed E-state index contributed by atoms with van der Waals surface area (Å²) in [7, 11) is 0. The van der Waals surface area contributed by atoms with Crippen molar-refractivity contribution in [3.63, 3.8) is 0 Å². The van der Waals surface area contributed by atoms with Crippen molar-refractivity contribution in [1.82, 2.24) is 0 Å². The standard InChI is InChI=1S/C22H32O2/c1-14(24)17-8-9-19-16-6-7-18-15(13-23)5-4-11-21(18,2)20(16)10-12-22(17,19)3/h13,16-17,19-20H,4-12H2,1-3H3/t16-,17+,19-,20-,21-,22+/m0/s1. The molecule has 4 aliphatic carbocycles. The predicted molar refractivity (Wildman–Crippen MR) is 95.5 cm³/mol. The van der Waals surface area contributed by atoms with E-state index in [1.165, 1.54) is 44.1 Å². The molecule has 0 spiro atoms. The Kier molecular flexibility index (Phi) is 3.82. The molecule has 0 heterocycles. The summed E-state index contributed by atoms with van der Waals surface area (Å²) >= 11 is 0. The Morgan fingerprint density at radius 2 is 1.83 bits per heavy atom. The van der Waals surface area contributed by atoms with Crippen molar-refractivity contribution < 1.29 is 9.59 Å². The Morgan fingerprint density at radius 3 is 2.54 bits per heavy atom. The van der Waals surface area contributed by atoms with E-state index in [1.54, 1.807) is 0 Å². The van der Waals surface area contributed by atoms with Gasteiger partial charge in [0.2, 0.25) is 0 Å². The molecule has 3 saturated carbocycles. The summed E-state index contributed by atoms with van der Waals surface area (Å²) in [6, 6.07) is 0. The summed E-state index contributed by atoms with van der Waals surface area (Å²) in [6.07, 6.45) is 11.8. The number of ketones is 1. The maximum absolute atomic E-state index is 12.2. The van der Waals surface area contributed by atoms with Crippen LogP contribution in [0.1, 0.15) is 78.6 Å². The smallest absolute Gasteiger partial charge is 0.145 e. The molecular weight excluding hydrogens is 296 g/mol. The lowest BCUT2D eigenvalue weighted by molar-refractivity contribution is -0.127. The Hall–Kier alpha value is -0.920. The highest BCUT2D eigenvalue weighted by Crippen LogP contribution is 2.67. The minimum atomic E-state index is 0.243. The molecule has 2 nitrogen and oxygen atoms in total. The van der Waals surface area contributed by atoms with Crippen LogP contribution in [0, 0.1) is 34.5 Å². The van der Waals surface area contributed by atoms with Gasteiger partial charge in [0.25, 0.3) is 0 Å². The van der Waals surface area contributed by atoms with E-state index in [0.29, 0.717) is 11.7 Å². The highest BCUT2D eigenvalue weighted by Gasteiger charge is 2.59. The third kappa shape index (κ3) is 2.07. The van der Waals surface area contributed by atoms with Crippen molar-refractivity contribution >= 4 is 12.1 Å². The van der Waals surface area contributed by atoms with Crippen molar-refractivity contribution in [2.24, 2.45) is 34.5 Å². The first-order chi connectivity index (χ1) is 11.4. The molecule has 4 rings (SSSR count). The van der Waals surface area contributed by atoms with E-state index in [9.17, 15) is 9.59 Å². The molecule has 0 bridgehead atoms. The number of aldehydes is 1. The van der Waals surface area contributed by atoms with Gasteiger partial charge >= 0.3 is 0 Å². The third-order valence-electron chi connectivity index (χ3n) is 8.84. The highest BCUT2D eigenvalue weighted by atomic mass is 16.1. The lowest BCUT2D eigenvalue weighted by atomic mass is 9.46.